The number of thioether (sulfide) groups is 1. The van der Waals surface area contributed by atoms with Crippen LogP contribution in [0.3, 0.4) is 0 Å². The van der Waals surface area contributed by atoms with E-state index >= 15 is 0 Å². The lowest BCUT2D eigenvalue weighted by Gasteiger charge is -2.22. The number of aryl methyl sites for hydroxylation is 1. The SMILES string of the molecule is CCN(CC)c1ccc(/C=C2/SC(=S)N(NC(=O)c3ccc(C)cc3Cl)C2=O)c(OCc2ccc(Cl)cc2Cl)c1. The van der Waals surface area contributed by atoms with Gasteiger partial charge >= 0.3 is 0 Å². The summed E-state index contributed by atoms with van der Waals surface area (Å²) in [6.07, 6.45) is 1.70. The summed E-state index contributed by atoms with van der Waals surface area (Å²) in [5.41, 5.74) is 6.16. The fourth-order valence-corrected chi connectivity index (χ4v) is 5.97. The van der Waals surface area contributed by atoms with E-state index in [1.54, 1.807) is 36.4 Å². The zero-order valence-corrected chi connectivity index (χ0v) is 25.9. The topological polar surface area (TPSA) is 61.9 Å². The number of amides is 2. The minimum atomic E-state index is -0.532. The maximum atomic E-state index is 13.3. The van der Waals surface area contributed by atoms with Gasteiger partial charge in [0.05, 0.1) is 15.5 Å². The van der Waals surface area contributed by atoms with Crippen LogP contribution < -0.4 is 15.1 Å². The highest BCUT2D eigenvalue weighted by atomic mass is 35.5. The molecule has 0 aliphatic carbocycles. The summed E-state index contributed by atoms with van der Waals surface area (Å²) in [6.45, 7) is 7.87. The van der Waals surface area contributed by atoms with Crippen molar-refractivity contribution in [1.29, 1.82) is 0 Å². The van der Waals surface area contributed by atoms with Gasteiger partial charge in [0.1, 0.15) is 12.4 Å². The van der Waals surface area contributed by atoms with Crippen LogP contribution in [0.2, 0.25) is 15.1 Å². The molecule has 4 rings (SSSR count). The van der Waals surface area contributed by atoms with Crippen molar-refractivity contribution in [2.24, 2.45) is 0 Å². The molecule has 0 radical (unpaired) electrons. The van der Waals surface area contributed by atoms with Gasteiger partial charge < -0.3 is 9.64 Å². The van der Waals surface area contributed by atoms with Gasteiger partial charge in [-0.2, -0.15) is 5.01 Å². The molecule has 0 atom stereocenters. The molecule has 3 aromatic rings. The van der Waals surface area contributed by atoms with Gasteiger partial charge in [-0.25, -0.2) is 0 Å². The standard InChI is InChI=1S/C29H26Cl3N3O3S2/c1-4-34(5-2)21-10-8-18(25(15-21)38-16-19-7-9-20(30)14-23(19)31)13-26-28(37)35(29(39)40-26)33-27(36)22-11-6-17(3)12-24(22)32/h6-15H,4-5,16H2,1-3H3,(H,33,36)/b26-13+. The molecule has 1 saturated heterocycles. The molecule has 0 spiro atoms. The Bertz CT molecular complexity index is 1510. The number of benzene rings is 3. The number of nitrogens with one attached hydrogen (secondary N) is 1. The van der Waals surface area contributed by atoms with E-state index in [1.807, 2.05) is 31.2 Å². The number of hydrogen-bond acceptors (Lipinski definition) is 6. The summed E-state index contributed by atoms with van der Waals surface area (Å²) in [7, 11) is 0. The molecule has 1 aliphatic rings. The number of carbonyl (C=O) groups is 2. The number of rotatable bonds is 9. The highest BCUT2D eigenvalue weighted by Gasteiger charge is 2.34. The van der Waals surface area contributed by atoms with Gasteiger partial charge in [-0.3, -0.25) is 15.0 Å². The summed E-state index contributed by atoms with van der Waals surface area (Å²) in [5, 5.41) is 2.38. The largest absolute Gasteiger partial charge is 0.488 e. The molecule has 1 heterocycles. The molecule has 3 aromatic carbocycles. The van der Waals surface area contributed by atoms with E-state index < -0.39 is 11.8 Å². The van der Waals surface area contributed by atoms with Crippen LogP contribution in [0, 0.1) is 6.92 Å². The second-order valence-corrected chi connectivity index (χ2v) is 11.8. The molecule has 0 bridgehead atoms. The highest BCUT2D eigenvalue weighted by molar-refractivity contribution is 8.26. The van der Waals surface area contributed by atoms with Crippen molar-refractivity contribution in [3.05, 3.63) is 96.8 Å². The third-order valence-corrected chi connectivity index (χ3v) is 8.39. The first kappa shape index (κ1) is 30.2. The van der Waals surface area contributed by atoms with Gasteiger partial charge in [0.2, 0.25) is 0 Å². The van der Waals surface area contributed by atoms with Gasteiger partial charge in [-0.15, -0.1) is 0 Å². The minimum absolute atomic E-state index is 0.197. The Labute approximate surface area is 258 Å². The maximum absolute atomic E-state index is 13.3. The first-order valence-corrected chi connectivity index (χ1v) is 14.8. The Morgan fingerprint density at radius 1 is 1.05 bits per heavy atom. The number of anilines is 1. The molecule has 1 aliphatic heterocycles. The minimum Gasteiger partial charge on any atom is -0.488 e. The van der Waals surface area contributed by atoms with Crippen molar-refractivity contribution < 1.29 is 14.3 Å². The normalized spacial score (nSPS) is 14.2. The van der Waals surface area contributed by atoms with E-state index in [4.69, 9.17) is 51.8 Å². The lowest BCUT2D eigenvalue weighted by Crippen LogP contribution is -2.44. The van der Waals surface area contributed by atoms with Crippen LogP contribution in [0.15, 0.2) is 59.5 Å². The van der Waals surface area contributed by atoms with Crippen LogP contribution in [0.25, 0.3) is 6.08 Å². The van der Waals surface area contributed by atoms with Crippen LogP contribution in [0.1, 0.15) is 40.9 Å². The van der Waals surface area contributed by atoms with E-state index in [0.717, 1.165) is 46.7 Å². The van der Waals surface area contributed by atoms with Crippen molar-refractivity contribution in [2.45, 2.75) is 27.4 Å². The Hall–Kier alpha value is -2.75. The molecule has 1 fully saturated rings. The van der Waals surface area contributed by atoms with E-state index in [2.05, 4.69) is 24.2 Å². The molecule has 0 aromatic heterocycles. The number of thiocarbonyl (C=S) groups is 1. The highest BCUT2D eigenvalue weighted by Crippen LogP contribution is 2.36. The second-order valence-electron chi connectivity index (χ2n) is 8.86. The summed E-state index contributed by atoms with van der Waals surface area (Å²) in [4.78, 5) is 28.7. The molecule has 11 heteroatoms. The fraction of sp³-hybridized carbons (Fsp3) is 0.207. The van der Waals surface area contributed by atoms with Gasteiger partial charge in [0.15, 0.2) is 4.32 Å². The van der Waals surface area contributed by atoms with Crippen molar-refractivity contribution in [3.63, 3.8) is 0 Å². The Balaban J connectivity index is 1.61. The lowest BCUT2D eigenvalue weighted by atomic mass is 10.1. The van der Waals surface area contributed by atoms with Gasteiger partial charge in [0.25, 0.3) is 11.8 Å². The molecule has 2 amide bonds. The number of hydrazine groups is 1. The lowest BCUT2D eigenvalue weighted by molar-refractivity contribution is -0.123. The zero-order chi connectivity index (χ0) is 29.0. The monoisotopic (exact) mass is 633 g/mol. The average molecular weight is 635 g/mol. The van der Waals surface area contributed by atoms with Crippen LogP contribution >= 0.6 is 58.8 Å². The molecule has 208 valence electrons. The molecule has 0 unspecified atom stereocenters. The van der Waals surface area contributed by atoms with Crippen molar-refractivity contribution >= 4 is 86.7 Å². The Morgan fingerprint density at radius 2 is 1.80 bits per heavy atom. The average Bonchev–Trinajstić information content (AvgIpc) is 3.17. The quantitative estimate of drug-likeness (QED) is 0.191. The first-order chi connectivity index (χ1) is 19.1. The molecular weight excluding hydrogens is 609 g/mol. The fourth-order valence-electron chi connectivity index (χ4n) is 4.02. The third kappa shape index (κ3) is 6.93. The Kier molecular flexibility index (Phi) is 10.0. The maximum Gasteiger partial charge on any atom is 0.285 e. The summed E-state index contributed by atoms with van der Waals surface area (Å²) in [6, 6.07) is 16.1. The summed E-state index contributed by atoms with van der Waals surface area (Å²) in [5.74, 6) is -0.419. The van der Waals surface area contributed by atoms with Crippen molar-refractivity contribution in [3.8, 4) is 5.75 Å². The van der Waals surface area contributed by atoms with E-state index in [-0.39, 0.29) is 21.5 Å². The number of halogens is 3. The summed E-state index contributed by atoms with van der Waals surface area (Å²) >= 11 is 25.1. The van der Waals surface area contributed by atoms with Crippen LogP contribution in [0.5, 0.6) is 5.75 Å². The predicted molar refractivity (Wildman–Crippen MR) is 169 cm³/mol. The number of nitrogens with zero attached hydrogens (tertiary/aromatic N) is 2. The smallest absolute Gasteiger partial charge is 0.285 e. The molecule has 0 saturated carbocycles. The van der Waals surface area contributed by atoms with E-state index in [1.165, 1.54) is 0 Å². The van der Waals surface area contributed by atoms with Crippen molar-refractivity contribution in [1.82, 2.24) is 10.4 Å². The molecular formula is C29H26Cl3N3O3S2. The van der Waals surface area contributed by atoms with Gasteiger partial charge in [0, 0.05) is 46.0 Å². The van der Waals surface area contributed by atoms with Crippen LogP contribution in [0.4, 0.5) is 5.69 Å². The van der Waals surface area contributed by atoms with Crippen LogP contribution in [-0.2, 0) is 11.4 Å². The first-order valence-electron chi connectivity index (χ1n) is 12.4. The third-order valence-electron chi connectivity index (χ3n) is 6.19. The van der Waals surface area contributed by atoms with Gasteiger partial charge in [-0.1, -0.05) is 58.7 Å². The molecule has 40 heavy (non-hydrogen) atoms. The zero-order valence-electron chi connectivity index (χ0n) is 22.0. The van der Waals surface area contributed by atoms with Gasteiger partial charge in [-0.05, 0) is 81.0 Å². The van der Waals surface area contributed by atoms with E-state index in [0.29, 0.717) is 26.3 Å². The van der Waals surface area contributed by atoms with Crippen LogP contribution in [-0.4, -0.2) is 34.2 Å². The molecule has 6 nitrogen and oxygen atoms in total. The van der Waals surface area contributed by atoms with Crippen molar-refractivity contribution in [2.75, 3.05) is 18.0 Å². The number of hydrogen-bond donors (Lipinski definition) is 1. The predicted octanol–water partition coefficient (Wildman–Crippen LogP) is 7.93. The number of ether oxygens (including phenoxy) is 1. The number of carbonyl (C=O) groups excluding carboxylic acids is 2. The Morgan fingerprint density at radius 3 is 2.48 bits per heavy atom. The molecule has 1 N–H and O–H groups in total. The van der Waals surface area contributed by atoms with E-state index in [9.17, 15) is 9.59 Å². The summed E-state index contributed by atoms with van der Waals surface area (Å²) < 4.78 is 6.42. The second kappa shape index (κ2) is 13.3.